The summed E-state index contributed by atoms with van der Waals surface area (Å²) in [6.07, 6.45) is 7.77. The predicted molar refractivity (Wildman–Crippen MR) is 219 cm³/mol. The van der Waals surface area contributed by atoms with E-state index in [1.54, 1.807) is 18.1 Å². The summed E-state index contributed by atoms with van der Waals surface area (Å²) in [4.78, 5) is 93.5. The molecule has 8 N–H and O–H groups in total. The Labute approximate surface area is 344 Å². The molecule has 4 amide bonds. The van der Waals surface area contributed by atoms with Crippen LogP contribution in [0, 0.1) is 0 Å². The van der Waals surface area contributed by atoms with Crippen LogP contribution in [0.1, 0.15) is 37.5 Å². The molecular formula is C39H52N10O11. The summed E-state index contributed by atoms with van der Waals surface area (Å²) in [7, 11) is 6.07. The van der Waals surface area contributed by atoms with Gasteiger partial charge >= 0.3 is 0 Å². The highest BCUT2D eigenvalue weighted by atomic mass is 16.3. The van der Waals surface area contributed by atoms with Crippen molar-refractivity contribution in [1.82, 2.24) is 49.7 Å². The van der Waals surface area contributed by atoms with Gasteiger partial charge in [0, 0.05) is 105 Å². The molecule has 0 atom stereocenters. The Hall–Kier alpha value is -6.87. The van der Waals surface area contributed by atoms with Gasteiger partial charge in [-0.15, -0.1) is 0 Å². The minimum atomic E-state index is -0.733. The maximum Gasteiger partial charge on any atom is 0.293 e. The molecule has 0 saturated heterocycles. The molecule has 3 aromatic heterocycles. The number of pyridine rings is 3. The van der Waals surface area contributed by atoms with E-state index in [0.29, 0.717) is 26.1 Å². The molecular weight excluding hydrogens is 784 g/mol. The number of carbonyl (C=O) groups excluding carboxylic acids is 4. The number of rotatable bonds is 20. The Balaban J connectivity index is 1.42. The van der Waals surface area contributed by atoms with Gasteiger partial charge in [0.2, 0.25) is 0 Å². The first-order valence-corrected chi connectivity index (χ1v) is 19.0. The number of carbonyl (C=O) groups is 4. The van der Waals surface area contributed by atoms with Gasteiger partial charge in [-0.2, -0.15) is 0 Å². The van der Waals surface area contributed by atoms with Gasteiger partial charge in [-0.05, 0) is 43.8 Å². The van der Waals surface area contributed by atoms with E-state index in [2.05, 4.69) is 21.3 Å². The molecule has 4 rings (SSSR count). The summed E-state index contributed by atoms with van der Waals surface area (Å²) in [5.74, 6) is -4.58. The van der Waals surface area contributed by atoms with Crippen LogP contribution in [0.2, 0.25) is 0 Å². The fourth-order valence-electron chi connectivity index (χ4n) is 6.15. The molecule has 60 heavy (non-hydrogen) atoms. The maximum absolute atomic E-state index is 12.9. The Bertz CT molecular complexity index is 2230. The van der Waals surface area contributed by atoms with Crippen molar-refractivity contribution < 1.29 is 39.6 Å². The first-order chi connectivity index (χ1) is 28.5. The molecule has 0 fully saturated rings. The van der Waals surface area contributed by atoms with Crippen molar-refractivity contribution in [2.75, 3.05) is 79.0 Å². The van der Waals surface area contributed by atoms with Crippen molar-refractivity contribution in [3.05, 3.63) is 108 Å². The molecule has 324 valence electrons. The van der Waals surface area contributed by atoms with Crippen molar-refractivity contribution in [1.29, 1.82) is 0 Å². The van der Waals surface area contributed by atoms with Crippen molar-refractivity contribution in [3.8, 4) is 17.2 Å². The maximum atomic E-state index is 12.9. The standard InChI is InChI=1S/C39H52N10O11/c1-44-16-6-25(29(50)24-44)33(54)40-10-20-48(21-11-41-34(55)26-7-17-45(2)37(58)30(26)51)14-5-15-49(22-12-42-35(56)27-8-18-46(3)38(59)31(27)52)23-13-43-36(57)28-9-19-47(4)39(60)32(28)53/h6-9,16-19,50-53H,5,10-15,20-24H2,1-4H3,(H,40,54)(H,41,55)(H,42,56)(H,43,57). The molecule has 0 radical (unpaired) electrons. The fourth-order valence-corrected chi connectivity index (χ4v) is 6.15. The van der Waals surface area contributed by atoms with E-state index in [-0.39, 0.29) is 80.4 Å². The summed E-state index contributed by atoms with van der Waals surface area (Å²) in [5.41, 5.74) is -2.61. The van der Waals surface area contributed by atoms with Gasteiger partial charge in [0.25, 0.3) is 40.3 Å². The number of aliphatic hydroxyl groups excluding tert-OH is 1. The molecule has 3 aromatic rings. The average Bonchev–Trinajstić information content (AvgIpc) is 3.20. The van der Waals surface area contributed by atoms with Gasteiger partial charge in [-0.1, -0.05) is 0 Å². The predicted octanol–water partition coefficient (Wildman–Crippen LogP) is -2.13. The summed E-state index contributed by atoms with van der Waals surface area (Å²) in [6, 6.07) is 3.96. The SMILES string of the molecule is CN1C=CC(C(=O)NCCN(CCCN(CCNC(=O)c2ccn(C)c(=O)c2O)CCNC(=O)c2ccn(C)c(=O)c2O)CCNC(=O)c2ccn(C)c(=O)c2O)=C(O)C1. The molecule has 21 nitrogen and oxygen atoms in total. The van der Waals surface area contributed by atoms with Gasteiger partial charge in [0.05, 0.1) is 28.8 Å². The second kappa shape index (κ2) is 21.2. The smallest absolute Gasteiger partial charge is 0.293 e. The van der Waals surface area contributed by atoms with E-state index >= 15 is 0 Å². The zero-order valence-electron chi connectivity index (χ0n) is 33.9. The summed E-state index contributed by atoms with van der Waals surface area (Å²) in [5, 5.41) is 51.9. The number of aromatic hydroxyl groups is 3. The lowest BCUT2D eigenvalue weighted by atomic mass is 10.1. The Morgan fingerprint density at radius 2 is 0.883 bits per heavy atom. The molecule has 0 aromatic carbocycles. The Kier molecular flexibility index (Phi) is 16.2. The van der Waals surface area contributed by atoms with E-state index < -0.39 is 57.6 Å². The highest BCUT2D eigenvalue weighted by Gasteiger charge is 2.20. The Morgan fingerprint density at radius 1 is 0.550 bits per heavy atom. The summed E-state index contributed by atoms with van der Waals surface area (Å²) >= 11 is 0. The third-order valence-electron chi connectivity index (χ3n) is 9.72. The number of amides is 4. The number of hydrogen-bond acceptors (Lipinski definition) is 14. The Morgan fingerprint density at radius 3 is 1.22 bits per heavy atom. The molecule has 0 bridgehead atoms. The van der Waals surface area contributed by atoms with Crippen LogP contribution in [0.15, 0.2) is 74.8 Å². The van der Waals surface area contributed by atoms with E-state index in [9.17, 15) is 54.0 Å². The lowest BCUT2D eigenvalue weighted by Crippen LogP contribution is -2.43. The topological polar surface area (TPSA) is 273 Å². The number of likely N-dealkylation sites (N-methyl/N-ethyl adjacent to an activating group) is 1. The van der Waals surface area contributed by atoms with Gasteiger partial charge in [0.15, 0.2) is 17.2 Å². The van der Waals surface area contributed by atoms with Crippen molar-refractivity contribution in [3.63, 3.8) is 0 Å². The van der Waals surface area contributed by atoms with Crippen molar-refractivity contribution in [2.45, 2.75) is 6.42 Å². The van der Waals surface area contributed by atoms with Crippen molar-refractivity contribution >= 4 is 23.6 Å². The van der Waals surface area contributed by atoms with Crippen LogP contribution in [0.3, 0.4) is 0 Å². The number of hydrogen-bond donors (Lipinski definition) is 8. The van der Waals surface area contributed by atoms with Crippen LogP contribution < -0.4 is 37.9 Å². The lowest BCUT2D eigenvalue weighted by molar-refractivity contribution is -0.117. The normalized spacial score (nSPS) is 12.5. The monoisotopic (exact) mass is 836 g/mol. The van der Waals surface area contributed by atoms with Crippen LogP contribution in [-0.2, 0) is 25.9 Å². The largest absolute Gasteiger partial charge is 0.510 e. The van der Waals surface area contributed by atoms with Crippen LogP contribution in [0.5, 0.6) is 17.2 Å². The highest BCUT2D eigenvalue weighted by molar-refractivity contribution is 5.98. The van der Waals surface area contributed by atoms with Gasteiger partial charge in [-0.3, -0.25) is 43.4 Å². The highest BCUT2D eigenvalue weighted by Crippen LogP contribution is 2.13. The second-order valence-corrected chi connectivity index (χ2v) is 14.1. The summed E-state index contributed by atoms with van der Waals surface area (Å²) in [6.45, 7) is 2.61. The number of nitrogens with zero attached hydrogens (tertiary/aromatic N) is 6. The number of aromatic nitrogens is 3. The minimum absolute atomic E-state index is 0.0711. The lowest BCUT2D eigenvalue weighted by Gasteiger charge is -2.26. The first kappa shape index (κ1) is 45.8. The van der Waals surface area contributed by atoms with Crippen molar-refractivity contribution in [2.24, 2.45) is 21.1 Å². The zero-order chi connectivity index (χ0) is 44.1. The van der Waals surface area contributed by atoms with Crippen LogP contribution in [-0.4, -0.2) is 151 Å². The molecule has 4 heterocycles. The van der Waals surface area contributed by atoms with Crippen LogP contribution in [0.4, 0.5) is 0 Å². The molecule has 0 unspecified atom stereocenters. The van der Waals surface area contributed by atoms with Crippen LogP contribution in [0.25, 0.3) is 0 Å². The van der Waals surface area contributed by atoms with Gasteiger partial charge < -0.3 is 60.3 Å². The molecule has 1 aliphatic rings. The fraction of sp³-hybridized carbons (Fsp3) is 0.410. The molecule has 0 aliphatic carbocycles. The third-order valence-corrected chi connectivity index (χ3v) is 9.72. The first-order valence-electron chi connectivity index (χ1n) is 19.0. The number of aryl methyl sites for hydroxylation is 3. The van der Waals surface area contributed by atoms with E-state index in [0.717, 1.165) is 13.7 Å². The van der Waals surface area contributed by atoms with Crippen LogP contribution >= 0.6 is 0 Å². The van der Waals surface area contributed by atoms with Gasteiger partial charge in [-0.25, -0.2) is 0 Å². The van der Waals surface area contributed by atoms with Gasteiger partial charge in [0.1, 0.15) is 5.76 Å². The average molecular weight is 837 g/mol. The number of nitrogens with one attached hydrogen (secondary N) is 4. The molecule has 21 heteroatoms. The minimum Gasteiger partial charge on any atom is -0.510 e. The van der Waals surface area contributed by atoms with E-state index in [1.807, 2.05) is 9.80 Å². The second-order valence-electron chi connectivity index (χ2n) is 14.1. The quantitative estimate of drug-likeness (QED) is 0.0605. The van der Waals surface area contributed by atoms with E-state index in [1.165, 1.54) is 64.0 Å². The molecule has 1 aliphatic heterocycles. The number of aliphatic hydroxyl groups is 1. The molecule has 0 saturated carbocycles. The van der Waals surface area contributed by atoms with E-state index in [4.69, 9.17) is 0 Å². The zero-order valence-corrected chi connectivity index (χ0v) is 33.9. The molecule has 0 spiro atoms. The third kappa shape index (κ3) is 12.1. The summed E-state index contributed by atoms with van der Waals surface area (Å²) < 4.78 is 3.40.